The van der Waals surface area contributed by atoms with Crippen LogP contribution in [-0.4, -0.2) is 11.7 Å². The summed E-state index contributed by atoms with van der Waals surface area (Å²) in [5.41, 5.74) is 0.393. The maximum absolute atomic E-state index is 9.10. The smallest absolute Gasteiger partial charge is 0.0462 e. The molecule has 1 nitrogen and oxygen atoms in total. The predicted octanol–water partition coefficient (Wildman–Crippen LogP) is 2.44. The van der Waals surface area contributed by atoms with Crippen molar-refractivity contribution in [2.45, 2.75) is 40.0 Å². The number of hydrogen-bond donors (Lipinski definition) is 1. The van der Waals surface area contributed by atoms with E-state index in [2.05, 4.69) is 20.8 Å². The van der Waals surface area contributed by atoms with Crippen molar-refractivity contribution >= 4 is 0 Å². The van der Waals surface area contributed by atoms with Crippen molar-refractivity contribution in [2.75, 3.05) is 6.61 Å². The van der Waals surface area contributed by atoms with Gasteiger partial charge < -0.3 is 5.11 Å². The predicted molar refractivity (Wildman–Crippen MR) is 47.4 cm³/mol. The largest absolute Gasteiger partial charge is 0.396 e. The molecular formula is C10H20O. The fourth-order valence-electron chi connectivity index (χ4n) is 2.40. The van der Waals surface area contributed by atoms with Gasteiger partial charge in [-0.2, -0.15) is 0 Å². The van der Waals surface area contributed by atoms with Crippen LogP contribution in [0.5, 0.6) is 0 Å². The highest BCUT2D eigenvalue weighted by molar-refractivity contribution is 4.85. The van der Waals surface area contributed by atoms with Crippen molar-refractivity contribution in [1.29, 1.82) is 0 Å². The topological polar surface area (TPSA) is 20.2 Å². The van der Waals surface area contributed by atoms with E-state index in [0.29, 0.717) is 17.9 Å². The van der Waals surface area contributed by atoms with Crippen LogP contribution in [0.15, 0.2) is 0 Å². The van der Waals surface area contributed by atoms with Gasteiger partial charge in [0.1, 0.15) is 0 Å². The third-order valence-corrected chi connectivity index (χ3v) is 3.01. The minimum absolute atomic E-state index is 0.391. The molecule has 0 aromatic rings. The molecule has 11 heavy (non-hydrogen) atoms. The Hall–Kier alpha value is -0.0400. The summed E-state index contributed by atoms with van der Waals surface area (Å²) in [5.74, 6) is 1.32. The number of aliphatic hydroxyl groups is 1. The Kier molecular flexibility index (Phi) is 2.58. The van der Waals surface area contributed by atoms with Crippen LogP contribution in [0.1, 0.15) is 40.0 Å². The minimum Gasteiger partial charge on any atom is -0.396 e. The summed E-state index contributed by atoms with van der Waals surface area (Å²) in [6.07, 6.45) is 3.86. The SMILES string of the molecule is CC(C)(C)C1CCC[C@@H]1CO. The van der Waals surface area contributed by atoms with Crippen LogP contribution in [0, 0.1) is 17.3 Å². The van der Waals surface area contributed by atoms with Crippen LogP contribution in [0.4, 0.5) is 0 Å². The van der Waals surface area contributed by atoms with E-state index in [9.17, 15) is 0 Å². The van der Waals surface area contributed by atoms with Gasteiger partial charge in [-0.05, 0) is 30.1 Å². The third kappa shape index (κ3) is 1.96. The normalized spacial score (nSPS) is 32.7. The van der Waals surface area contributed by atoms with Crippen LogP contribution in [0.3, 0.4) is 0 Å². The van der Waals surface area contributed by atoms with E-state index < -0.39 is 0 Å². The lowest BCUT2D eigenvalue weighted by molar-refractivity contribution is 0.123. The van der Waals surface area contributed by atoms with Crippen molar-refractivity contribution in [3.05, 3.63) is 0 Å². The molecule has 1 saturated carbocycles. The van der Waals surface area contributed by atoms with Crippen LogP contribution >= 0.6 is 0 Å². The zero-order valence-corrected chi connectivity index (χ0v) is 7.93. The monoisotopic (exact) mass is 156 g/mol. The lowest BCUT2D eigenvalue weighted by Crippen LogP contribution is -2.25. The Morgan fingerprint density at radius 3 is 2.27 bits per heavy atom. The van der Waals surface area contributed by atoms with Gasteiger partial charge in [0.2, 0.25) is 0 Å². The van der Waals surface area contributed by atoms with Crippen molar-refractivity contribution in [2.24, 2.45) is 17.3 Å². The van der Waals surface area contributed by atoms with Gasteiger partial charge in [0.25, 0.3) is 0 Å². The molecular weight excluding hydrogens is 136 g/mol. The molecule has 0 saturated heterocycles. The van der Waals surface area contributed by atoms with Crippen molar-refractivity contribution in [1.82, 2.24) is 0 Å². The maximum Gasteiger partial charge on any atom is 0.0462 e. The van der Waals surface area contributed by atoms with Gasteiger partial charge in [0.05, 0.1) is 0 Å². The number of hydrogen-bond acceptors (Lipinski definition) is 1. The molecule has 66 valence electrons. The Bertz CT molecular complexity index is 123. The first-order chi connectivity index (χ1) is 5.05. The lowest BCUT2D eigenvalue weighted by atomic mass is 9.75. The lowest BCUT2D eigenvalue weighted by Gasteiger charge is -2.31. The van der Waals surface area contributed by atoms with Gasteiger partial charge in [-0.25, -0.2) is 0 Å². The summed E-state index contributed by atoms with van der Waals surface area (Å²) in [6, 6.07) is 0. The van der Waals surface area contributed by atoms with Crippen LogP contribution < -0.4 is 0 Å². The molecule has 1 N–H and O–H groups in total. The summed E-state index contributed by atoms with van der Waals surface area (Å²) >= 11 is 0. The molecule has 0 heterocycles. The highest BCUT2D eigenvalue weighted by atomic mass is 16.3. The van der Waals surface area contributed by atoms with Gasteiger partial charge in [-0.3, -0.25) is 0 Å². The summed E-state index contributed by atoms with van der Waals surface area (Å²) in [6.45, 7) is 7.24. The zero-order valence-electron chi connectivity index (χ0n) is 7.93. The summed E-state index contributed by atoms with van der Waals surface area (Å²) in [7, 11) is 0. The standard InChI is InChI=1S/C10H20O/c1-10(2,3)9-6-4-5-8(9)7-11/h8-9,11H,4-7H2,1-3H3/t8-,9?/m1/s1. The van der Waals surface area contributed by atoms with E-state index >= 15 is 0 Å². The molecule has 1 aliphatic rings. The molecule has 1 rings (SSSR count). The highest BCUT2D eigenvalue weighted by Crippen LogP contribution is 2.42. The second-order valence-electron chi connectivity index (χ2n) is 4.85. The zero-order chi connectivity index (χ0) is 8.48. The number of rotatable bonds is 1. The van der Waals surface area contributed by atoms with E-state index in [1.807, 2.05) is 0 Å². The van der Waals surface area contributed by atoms with Gasteiger partial charge in [0, 0.05) is 6.61 Å². The average molecular weight is 156 g/mol. The van der Waals surface area contributed by atoms with Gasteiger partial charge in [-0.1, -0.05) is 27.2 Å². The van der Waals surface area contributed by atoms with Gasteiger partial charge >= 0.3 is 0 Å². The molecule has 0 amide bonds. The van der Waals surface area contributed by atoms with E-state index in [-0.39, 0.29) is 0 Å². The van der Waals surface area contributed by atoms with Crippen LogP contribution in [0.25, 0.3) is 0 Å². The second kappa shape index (κ2) is 3.14. The Morgan fingerprint density at radius 2 is 1.91 bits per heavy atom. The summed E-state index contributed by atoms with van der Waals surface area (Å²) in [4.78, 5) is 0. The molecule has 0 aliphatic heterocycles. The maximum atomic E-state index is 9.10. The van der Waals surface area contributed by atoms with Crippen LogP contribution in [-0.2, 0) is 0 Å². The third-order valence-electron chi connectivity index (χ3n) is 3.01. The first-order valence-electron chi connectivity index (χ1n) is 4.66. The summed E-state index contributed by atoms with van der Waals surface area (Å²) in [5, 5.41) is 9.10. The molecule has 2 atom stereocenters. The number of aliphatic hydroxyl groups excluding tert-OH is 1. The van der Waals surface area contributed by atoms with E-state index in [1.165, 1.54) is 19.3 Å². The quantitative estimate of drug-likeness (QED) is 0.618. The fraction of sp³-hybridized carbons (Fsp3) is 1.00. The van der Waals surface area contributed by atoms with E-state index in [0.717, 1.165) is 5.92 Å². The van der Waals surface area contributed by atoms with Crippen molar-refractivity contribution < 1.29 is 5.11 Å². The van der Waals surface area contributed by atoms with Crippen molar-refractivity contribution in [3.8, 4) is 0 Å². The van der Waals surface area contributed by atoms with Crippen LogP contribution in [0.2, 0.25) is 0 Å². The second-order valence-corrected chi connectivity index (χ2v) is 4.85. The van der Waals surface area contributed by atoms with Crippen molar-refractivity contribution in [3.63, 3.8) is 0 Å². The molecule has 1 unspecified atom stereocenters. The molecule has 0 radical (unpaired) electrons. The molecule has 0 aromatic heterocycles. The first-order valence-corrected chi connectivity index (χ1v) is 4.66. The average Bonchev–Trinajstić information content (AvgIpc) is 2.31. The molecule has 0 aromatic carbocycles. The molecule has 1 heteroatoms. The minimum atomic E-state index is 0.391. The van der Waals surface area contributed by atoms with Gasteiger partial charge in [0.15, 0.2) is 0 Å². The highest BCUT2D eigenvalue weighted by Gasteiger charge is 2.35. The molecule has 0 spiro atoms. The molecule has 1 aliphatic carbocycles. The first kappa shape index (κ1) is 9.05. The Labute approximate surface area is 69.8 Å². The summed E-state index contributed by atoms with van der Waals surface area (Å²) < 4.78 is 0. The van der Waals surface area contributed by atoms with E-state index in [4.69, 9.17) is 5.11 Å². The Morgan fingerprint density at radius 1 is 1.27 bits per heavy atom. The molecule has 0 bridgehead atoms. The van der Waals surface area contributed by atoms with E-state index in [1.54, 1.807) is 0 Å². The Balaban J connectivity index is 2.57. The molecule has 1 fully saturated rings. The van der Waals surface area contributed by atoms with Gasteiger partial charge in [-0.15, -0.1) is 0 Å². The fourth-order valence-corrected chi connectivity index (χ4v) is 2.40.